The molecule has 0 bridgehead atoms. The maximum atomic E-state index is 12.3. The van der Waals surface area contributed by atoms with E-state index in [0.717, 1.165) is 51.9 Å². The van der Waals surface area contributed by atoms with Crippen molar-refractivity contribution in [3.05, 3.63) is 35.4 Å². The van der Waals surface area contributed by atoms with E-state index in [4.69, 9.17) is 0 Å². The van der Waals surface area contributed by atoms with Crippen molar-refractivity contribution in [2.75, 3.05) is 40.3 Å². The molecule has 3 aliphatic rings. The summed E-state index contributed by atoms with van der Waals surface area (Å²) in [6.07, 6.45) is 6.72. The van der Waals surface area contributed by atoms with Crippen LogP contribution in [0.5, 0.6) is 0 Å². The number of urea groups is 1. The molecule has 30 heavy (non-hydrogen) atoms. The van der Waals surface area contributed by atoms with Crippen LogP contribution in [-0.4, -0.2) is 73.0 Å². The first-order chi connectivity index (χ1) is 14.4. The van der Waals surface area contributed by atoms with Gasteiger partial charge in [-0.2, -0.15) is 0 Å². The van der Waals surface area contributed by atoms with Gasteiger partial charge in [-0.25, -0.2) is 4.79 Å². The van der Waals surface area contributed by atoms with E-state index in [1.165, 1.54) is 24.0 Å². The molecule has 1 aliphatic carbocycles. The normalized spacial score (nSPS) is 24.4. The Morgan fingerprint density at radius 3 is 2.33 bits per heavy atom. The fourth-order valence-corrected chi connectivity index (χ4v) is 5.81. The van der Waals surface area contributed by atoms with Crippen LogP contribution in [0.3, 0.4) is 0 Å². The Morgan fingerprint density at radius 2 is 1.70 bits per heavy atom. The largest absolute Gasteiger partial charge is 0.343 e. The van der Waals surface area contributed by atoms with Crippen molar-refractivity contribution in [3.8, 4) is 0 Å². The topological polar surface area (TPSA) is 55.9 Å². The molecule has 6 heteroatoms. The summed E-state index contributed by atoms with van der Waals surface area (Å²) in [5.41, 5.74) is 3.00. The summed E-state index contributed by atoms with van der Waals surface area (Å²) >= 11 is 0. The molecule has 2 heterocycles. The number of nitrogens with one attached hydrogen (secondary N) is 1. The Morgan fingerprint density at radius 1 is 1.03 bits per heavy atom. The number of rotatable bonds is 2. The SMILES string of the molecule is CC(=O)N1CCC(N2CCC3(CC[C@@H](NC(=O)N(C)C)c4ccccc43)CC2)CC1.[HH]. The Labute approximate surface area is 182 Å². The summed E-state index contributed by atoms with van der Waals surface area (Å²) in [5, 5.41) is 3.21. The minimum absolute atomic E-state index is 0. The lowest BCUT2D eigenvalue weighted by Gasteiger charge is -2.49. The standard InChI is InChI=1S/C24H36N4O2.H2/c1-18(29)27-14-9-19(10-15-27)28-16-12-24(13-17-28)11-8-22(25-23(30)26(2)3)20-6-4-5-7-21(20)24;/h4-7,19,22H,8-17H2,1-3H3,(H,25,30);1H/t22-;/m1./s1. The lowest BCUT2D eigenvalue weighted by atomic mass is 9.63. The third-order valence-electron chi connectivity index (χ3n) is 7.70. The van der Waals surface area contributed by atoms with Gasteiger partial charge in [0.15, 0.2) is 0 Å². The molecule has 1 spiro atoms. The molecule has 1 aromatic rings. The minimum Gasteiger partial charge on any atom is -0.343 e. The third-order valence-corrected chi connectivity index (χ3v) is 7.70. The summed E-state index contributed by atoms with van der Waals surface area (Å²) in [4.78, 5) is 30.1. The van der Waals surface area contributed by atoms with E-state index in [1.807, 2.05) is 4.90 Å². The minimum atomic E-state index is -0.0162. The van der Waals surface area contributed by atoms with Crippen molar-refractivity contribution in [2.24, 2.45) is 0 Å². The average molecular weight is 415 g/mol. The molecule has 0 saturated carbocycles. The second kappa shape index (κ2) is 8.58. The second-order valence-electron chi connectivity index (χ2n) is 9.58. The van der Waals surface area contributed by atoms with E-state index < -0.39 is 0 Å². The van der Waals surface area contributed by atoms with E-state index >= 15 is 0 Å². The average Bonchev–Trinajstić information content (AvgIpc) is 2.76. The van der Waals surface area contributed by atoms with E-state index in [1.54, 1.807) is 25.9 Å². The second-order valence-corrected chi connectivity index (χ2v) is 9.58. The molecule has 4 rings (SSSR count). The number of carbonyl (C=O) groups is 2. The summed E-state index contributed by atoms with van der Waals surface area (Å²) in [5.74, 6) is 0.209. The van der Waals surface area contributed by atoms with Gasteiger partial charge in [-0.05, 0) is 68.2 Å². The Balaban J connectivity index is 0.00000272. The summed E-state index contributed by atoms with van der Waals surface area (Å²) in [6, 6.07) is 9.47. The first kappa shape index (κ1) is 21.2. The monoisotopic (exact) mass is 414 g/mol. The zero-order chi connectivity index (χ0) is 21.3. The lowest BCUT2D eigenvalue weighted by molar-refractivity contribution is -0.130. The van der Waals surface area contributed by atoms with E-state index in [0.29, 0.717) is 6.04 Å². The molecular formula is C24H38N4O2. The predicted molar refractivity (Wildman–Crippen MR) is 121 cm³/mol. The summed E-state index contributed by atoms with van der Waals surface area (Å²) in [6.45, 7) is 5.75. The number of likely N-dealkylation sites (tertiary alicyclic amines) is 2. The Hall–Kier alpha value is -2.08. The molecular weight excluding hydrogens is 376 g/mol. The zero-order valence-corrected chi connectivity index (χ0v) is 18.7. The van der Waals surface area contributed by atoms with Gasteiger partial charge in [0.25, 0.3) is 0 Å². The van der Waals surface area contributed by atoms with Crippen molar-refractivity contribution in [1.29, 1.82) is 0 Å². The van der Waals surface area contributed by atoms with Crippen LogP contribution in [0.1, 0.15) is 64.0 Å². The smallest absolute Gasteiger partial charge is 0.317 e. The van der Waals surface area contributed by atoms with Gasteiger partial charge in [0, 0.05) is 41.6 Å². The fraction of sp³-hybridized carbons (Fsp3) is 0.667. The highest BCUT2D eigenvalue weighted by atomic mass is 16.2. The number of amides is 3. The van der Waals surface area contributed by atoms with E-state index in [-0.39, 0.29) is 24.8 Å². The van der Waals surface area contributed by atoms with Gasteiger partial charge in [0.05, 0.1) is 6.04 Å². The van der Waals surface area contributed by atoms with Crippen molar-refractivity contribution < 1.29 is 11.0 Å². The highest BCUT2D eigenvalue weighted by Gasteiger charge is 2.43. The number of hydrogen-bond acceptors (Lipinski definition) is 3. The van der Waals surface area contributed by atoms with Crippen LogP contribution in [0.4, 0.5) is 4.79 Å². The van der Waals surface area contributed by atoms with Crippen LogP contribution >= 0.6 is 0 Å². The first-order valence-electron chi connectivity index (χ1n) is 11.5. The van der Waals surface area contributed by atoms with Gasteiger partial charge in [0.1, 0.15) is 0 Å². The summed E-state index contributed by atoms with van der Waals surface area (Å²) < 4.78 is 0. The van der Waals surface area contributed by atoms with Crippen molar-refractivity contribution in [3.63, 3.8) is 0 Å². The van der Waals surface area contributed by atoms with Gasteiger partial charge in [-0.15, -0.1) is 0 Å². The van der Waals surface area contributed by atoms with Gasteiger partial charge < -0.3 is 20.0 Å². The molecule has 2 aliphatic heterocycles. The lowest BCUT2D eigenvalue weighted by Crippen LogP contribution is -2.52. The van der Waals surface area contributed by atoms with Gasteiger partial charge in [0.2, 0.25) is 5.91 Å². The molecule has 3 amide bonds. The number of nitrogens with zero attached hydrogens (tertiary/aromatic N) is 3. The van der Waals surface area contributed by atoms with Gasteiger partial charge in [-0.1, -0.05) is 24.3 Å². The van der Waals surface area contributed by atoms with Crippen LogP contribution in [0.15, 0.2) is 24.3 Å². The maximum absolute atomic E-state index is 12.3. The number of fused-ring (bicyclic) bond motifs is 2. The van der Waals surface area contributed by atoms with Gasteiger partial charge in [-0.3, -0.25) is 4.79 Å². The quantitative estimate of drug-likeness (QED) is 0.807. The fourth-order valence-electron chi connectivity index (χ4n) is 5.81. The van der Waals surface area contributed by atoms with Gasteiger partial charge >= 0.3 is 6.03 Å². The molecule has 2 fully saturated rings. The molecule has 0 aromatic heterocycles. The van der Waals surface area contributed by atoms with E-state index in [9.17, 15) is 9.59 Å². The Bertz CT molecular complexity index is 784. The predicted octanol–water partition coefficient (Wildman–Crippen LogP) is 3.38. The molecule has 0 radical (unpaired) electrons. The molecule has 0 unspecified atom stereocenters. The van der Waals surface area contributed by atoms with Crippen molar-refractivity contribution >= 4 is 11.9 Å². The number of piperidine rings is 2. The van der Waals surface area contributed by atoms with Crippen LogP contribution < -0.4 is 5.32 Å². The molecule has 1 atom stereocenters. The number of carbonyl (C=O) groups excluding carboxylic acids is 2. The molecule has 2 saturated heterocycles. The molecule has 166 valence electrons. The highest BCUT2D eigenvalue weighted by molar-refractivity contribution is 5.74. The highest BCUT2D eigenvalue weighted by Crippen LogP contribution is 2.48. The van der Waals surface area contributed by atoms with Crippen LogP contribution in [-0.2, 0) is 10.2 Å². The van der Waals surface area contributed by atoms with Crippen molar-refractivity contribution in [1.82, 2.24) is 20.0 Å². The van der Waals surface area contributed by atoms with E-state index in [2.05, 4.69) is 34.5 Å². The zero-order valence-electron chi connectivity index (χ0n) is 18.7. The van der Waals surface area contributed by atoms with Crippen LogP contribution in [0.25, 0.3) is 0 Å². The number of hydrogen-bond donors (Lipinski definition) is 1. The van der Waals surface area contributed by atoms with Crippen LogP contribution in [0.2, 0.25) is 0 Å². The number of benzene rings is 1. The summed E-state index contributed by atoms with van der Waals surface area (Å²) in [7, 11) is 3.59. The van der Waals surface area contributed by atoms with Crippen LogP contribution in [0, 0.1) is 0 Å². The molecule has 6 nitrogen and oxygen atoms in total. The Kier molecular flexibility index (Phi) is 6.05. The molecule has 1 aromatic carbocycles. The molecule has 1 N–H and O–H groups in total. The van der Waals surface area contributed by atoms with Crippen molar-refractivity contribution in [2.45, 2.75) is 62.9 Å². The third kappa shape index (κ3) is 4.07. The first-order valence-corrected chi connectivity index (χ1v) is 11.5. The maximum Gasteiger partial charge on any atom is 0.317 e.